The second kappa shape index (κ2) is 9.93. The molecule has 2 aromatic carbocycles. The molecule has 32 heavy (non-hydrogen) atoms. The van der Waals surface area contributed by atoms with Crippen LogP contribution in [0, 0.1) is 0 Å². The highest BCUT2D eigenvalue weighted by molar-refractivity contribution is 6.33. The first kappa shape index (κ1) is 21.3. The van der Waals surface area contributed by atoms with Crippen molar-refractivity contribution < 1.29 is 13.9 Å². The summed E-state index contributed by atoms with van der Waals surface area (Å²) in [7, 11) is 1.62. The Bertz CT molecular complexity index is 1220. The van der Waals surface area contributed by atoms with Crippen molar-refractivity contribution in [2.45, 2.75) is 6.42 Å². The molecule has 8 nitrogen and oxygen atoms in total. The summed E-state index contributed by atoms with van der Waals surface area (Å²) >= 11 is 6.25. The third-order valence-corrected chi connectivity index (χ3v) is 5.07. The molecule has 4 aromatic rings. The average Bonchev–Trinajstić information content (AvgIpc) is 3.50. The normalized spacial score (nSPS) is 11.4. The Morgan fingerprint density at radius 1 is 1.16 bits per heavy atom. The molecule has 2 N–H and O–H groups in total. The van der Waals surface area contributed by atoms with Crippen molar-refractivity contribution in [1.82, 2.24) is 25.9 Å². The molecule has 2 heterocycles. The fraction of sp³-hybridized carbons (Fsp3) is 0.130. The van der Waals surface area contributed by atoms with E-state index in [2.05, 4.69) is 25.9 Å². The highest BCUT2D eigenvalue weighted by atomic mass is 35.5. The van der Waals surface area contributed by atoms with Crippen LogP contribution in [0.15, 0.2) is 65.1 Å². The van der Waals surface area contributed by atoms with Gasteiger partial charge in [-0.3, -0.25) is 4.79 Å². The lowest BCUT2D eigenvalue weighted by molar-refractivity contribution is -0.115. The van der Waals surface area contributed by atoms with E-state index in [1.165, 1.54) is 0 Å². The topological polar surface area (TPSA) is 106 Å². The number of H-pyrrole nitrogens is 1. The van der Waals surface area contributed by atoms with Gasteiger partial charge in [0.15, 0.2) is 0 Å². The monoisotopic (exact) mass is 449 g/mol. The van der Waals surface area contributed by atoms with Gasteiger partial charge >= 0.3 is 0 Å². The van der Waals surface area contributed by atoms with Crippen LogP contribution in [0.2, 0.25) is 5.02 Å². The highest BCUT2D eigenvalue weighted by Gasteiger charge is 2.18. The standard InChI is InChI=1S/C23H20ClN5O3/c1-31-16-8-6-15(7-9-16)12-13-25-23(30)19(22-26-28-29-27-22)14-17-10-11-21(32-17)18-4-2-3-5-20(18)24/h2-11,14H,12-13H2,1H3,(H,25,30)(H,26,27,28,29)/b19-14+. The van der Waals surface area contributed by atoms with Crippen molar-refractivity contribution >= 4 is 29.2 Å². The van der Waals surface area contributed by atoms with Gasteiger partial charge in [0, 0.05) is 12.1 Å². The molecule has 2 aromatic heterocycles. The molecule has 0 saturated heterocycles. The van der Waals surface area contributed by atoms with Gasteiger partial charge in [0.25, 0.3) is 5.91 Å². The summed E-state index contributed by atoms with van der Waals surface area (Å²) in [5, 5.41) is 17.3. The van der Waals surface area contributed by atoms with Crippen LogP contribution in [-0.4, -0.2) is 40.2 Å². The summed E-state index contributed by atoms with van der Waals surface area (Å²) in [4.78, 5) is 12.9. The van der Waals surface area contributed by atoms with Gasteiger partial charge in [-0.05, 0) is 59.7 Å². The van der Waals surface area contributed by atoms with Gasteiger partial charge in [0.05, 0.1) is 17.7 Å². The van der Waals surface area contributed by atoms with E-state index < -0.39 is 0 Å². The van der Waals surface area contributed by atoms with E-state index in [0.29, 0.717) is 29.5 Å². The maximum atomic E-state index is 12.9. The molecule has 1 amide bonds. The molecule has 9 heteroatoms. The van der Waals surface area contributed by atoms with Crippen LogP contribution < -0.4 is 10.1 Å². The van der Waals surface area contributed by atoms with E-state index in [-0.39, 0.29) is 17.3 Å². The van der Waals surface area contributed by atoms with Gasteiger partial charge in [0.1, 0.15) is 17.3 Å². The van der Waals surface area contributed by atoms with E-state index in [9.17, 15) is 4.79 Å². The number of amides is 1. The van der Waals surface area contributed by atoms with E-state index in [0.717, 1.165) is 16.9 Å². The average molecular weight is 450 g/mol. The van der Waals surface area contributed by atoms with Gasteiger partial charge < -0.3 is 14.5 Å². The predicted molar refractivity (Wildman–Crippen MR) is 121 cm³/mol. The largest absolute Gasteiger partial charge is 0.497 e. The van der Waals surface area contributed by atoms with Gasteiger partial charge in [-0.15, -0.1) is 10.2 Å². The van der Waals surface area contributed by atoms with Crippen molar-refractivity contribution in [3.8, 4) is 17.1 Å². The number of furan rings is 1. The molecule has 0 aliphatic heterocycles. The number of ether oxygens (including phenoxy) is 1. The molecule has 162 valence electrons. The number of tetrazole rings is 1. The van der Waals surface area contributed by atoms with Crippen LogP contribution in [0.5, 0.6) is 5.75 Å². The smallest absolute Gasteiger partial charge is 0.255 e. The zero-order valence-corrected chi connectivity index (χ0v) is 18.0. The van der Waals surface area contributed by atoms with Crippen LogP contribution in [-0.2, 0) is 11.2 Å². The Balaban J connectivity index is 1.49. The molecule has 0 atom stereocenters. The van der Waals surface area contributed by atoms with E-state index in [1.807, 2.05) is 42.5 Å². The first-order valence-electron chi connectivity index (χ1n) is 9.85. The molecule has 0 unspecified atom stereocenters. The minimum absolute atomic E-state index is 0.169. The van der Waals surface area contributed by atoms with E-state index >= 15 is 0 Å². The number of benzene rings is 2. The van der Waals surface area contributed by atoms with Crippen molar-refractivity contribution in [2.75, 3.05) is 13.7 Å². The zero-order valence-electron chi connectivity index (χ0n) is 17.2. The SMILES string of the molecule is COc1ccc(CCNC(=O)/C(=C/c2ccc(-c3ccccc3Cl)o2)c2nn[nH]n2)cc1. The lowest BCUT2D eigenvalue weighted by Gasteiger charge is -2.07. The molecule has 0 saturated carbocycles. The molecular formula is C23H20ClN5O3. The van der Waals surface area contributed by atoms with Crippen LogP contribution in [0.1, 0.15) is 17.1 Å². The molecule has 0 radical (unpaired) electrons. The summed E-state index contributed by atoms with van der Waals surface area (Å²) in [5.41, 5.74) is 2.07. The molecule has 0 spiro atoms. The Labute approximate surface area is 189 Å². The Morgan fingerprint density at radius 3 is 2.69 bits per heavy atom. The number of carbonyl (C=O) groups excluding carboxylic acids is 1. The number of rotatable bonds is 8. The second-order valence-corrected chi connectivity index (χ2v) is 7.24. The zero-order chi connectivity index (χ0) is 22.3. The first-order valence-corrected chi connectivity index (χ1v) is 10.2. The van der Waals surface area contributed by atoms with Crippen LogP contribution in [0.4, 0.5) is 0 Å². The van der Waals surface area contributed by atoms with Crippen molar-refractivity contribution in [1.29, 1.82) is 0 Å². The predicted octanol–water partition coefficient (Wildman–Crippen LogP) is 4.02. The highest BCUT2D eigenvalue weighted by Crippen LogP contribution is 2.30. The number of methoxy groups -OCH3 is 1. The number of nitrogens with zero attached hydrogens (tertiary/aromatic N) is 3. The number of aromatic amines is 1. The van der Waals surface area contributed by atoms with Gasteiger partial charge in [-0.25, -0.2) is 0 Å². The third kappa shape index (κ3) is 5.04. The Morgan fingerprint density at radius 2 is 1.97 bits per heavy atom. The quantitative estimate of drug-likeness (QED) is 0.393. The molecular weight excluding hydrogens is 430 g/mol. The summed E-state index contributed by atoms with van der Waals surface area (Å²) in [6, 6.07) is 18.6. The number of aromatic nitrogens is 4. The second-order valence-electron chi connectivity index (χ2n) is 6.83. The summed E-state index contributed by atoms with van der Waals surface area (Å²) in [6.07, 6.45) is 2.24. The number of hydrogen-bond donors (Lipinski definition) is 2. The lowest BCUT2D eigenvalue weighted by Crippen LogP contribution is -2.27. The van der Waals surface area contributed by atoms with Crippen molar-refractivity contribution in [3.63, 3.8) is 0 Å². The Hall–Kier alpha value is -3.91. The number of halogens is 1. The minimum Gasteiger partial charge on any atom is -0.497 e. The number of nitrogens with one attached hydrogen (secondary N) is 2. The van der Waals surface area contributed by atoms with Gasteiger partial charge in [-0.1, -0.05) is 35.9 Å². The summed E-state index contributed by atoms with van der Waals surface area (Å²) in [6.45, 7) is 0.434. The fourth-order valence-electron chi connectivity index (χ4n) is 3.09. The maximum Gasteiger partial charge on any atom is 0.255 e. The molecule has 0 fully saturated rings. The molecule has 0 bridgehead atoms. The first-order chi connectivity index (χ1) is 15.6. The minimum atomic E-state index is -0.337. The third-order valence-electron chi connectivity index (χ3n) is 4.74. The number of hydrogen-bond acceptors (Lipinski definition) is 6. The fourth-order valence-corrected chi connectivity index (χ4v) is 3.32. The Kier molecular flexibility index (Phi) is 6.62. The van der Waals surface area contributed by atoms with Gasteiger partial charge in [-0.2, -0.15) is 5.21 Å². The van der Waals surface area contributed by atoms with E-state index in [1.54, 1.807) is 31.4 Å². The summed E-state index contributed by atoms with van der Waals surface area (Å²) in [5.74, 6) is 1.67. The number of carbonyl (C=O) groups is 1. The summed E-state index contributed by atoms with van der Waals surface area (Å²) < 4.78 is 11.0. The van der Waals surface area contributed by atoms with Crippen molar-refractivity contribution in [3.05, 3.63) is 82.8 Å². The van der Waals surface area contributed by atoms with Gasteiger partial charge in [0.2, 0.25) is 5.82 Å². The van der Waals surface area contributed by atoms with Crippen LogP contribution >= 0.6 is 11.6 Å². The maximum absolute atomic E-state index is 12.9. The lowest BCUT2D eigenvalue weighted by atomic mass is 10.1. The molecule has 0 aliphatic rings. The van der Waals surface area contributed by atoms with E-state index in [4.69, 9.17) is 20.8 Å². The van der Waals surface area contributed by atoms with Crippen LogP contribution in [0.3, 0.4) is 0 Å². The van der Waals surface area contributed by atoms with Crippen molar-refractivity contribution in [2.24, 2.45) is 0 Å². The molecule has 4 rings (SSSR count). The van der Waals surface area contributed by atoms with Crippen LogP contribution in [0.25, 0.3) is 23.0 Å². The molecule has 0 aliphatic carbocycles.